The monoisotopic (exact) mass is 397 g/mol. The molecule has 0 bridgehead atoms. The summed E-state index contributed by atoms with van der Waals surface area (Å²) in [4.78, 5) is 19.1. The third-order valence-corrected chi connectivity index (χ3v) is 4.56. The zero-order valence-corrected chi connectivity index (χ0v) is 16.4. The second-order valence-electron chi connectivity index (χ2n) is 6.73. The van der Waals surface area contributed by atoms with Gasteiger partial charge in [0.1, 0.15) is 5.82 Å². The van der Waals surface area contributed by atoms with E-state index in [-0.39, 0.29) is 17.0 Å². The summed E-state index contributed by atoms with van der Waals surface area (Å²) in [6, 6.07) is 16.0. The van der Waals surface area contributed by atoms with Crippen LogP contribution < -0.4 is 5.32 Å². The minimum absolute atomic E-state index is 0.0269. The van der Waals surface area contributed by atoms with Gasteiger partial charge >= 0.3 is 0 Å². The van der Waals surface area contributed by atoms with Crippen molar-refractivity contribution in [2.24, 2.45) is 0 Å². The van der Waals surface area contributed by atoms with Crippen LogP contribution in [0.3, 0.4) is 0 Å². The number of pyridine rings is 1. The Morgan fingerprint density at radius 3 is 2.54 bits per heavy atom. The van der Waals surface area contributed by atoms with E-state index in [1.54, 1.807) is 29.4 Å². The van der Waals surface area contributed by atoms with E-state index in [9.17, 15) is 9.18 Å². The molecule has 0 saturated heterocycles. The summed E-state index contributed by atoms with van der Waals surface area (Å²) in [6.07, 6.45) is 3.15. The normalized spacial score (nSPS) is 10.8. The Kier molecular flexibility index (Phi) is 6.26. The Morgan fingerprint density at radius 2 is 1.86 bits per heavy atom. The van der Waals surface area contributed by atoms with Gasteiger partial charge in [-0.25, -0.2) is 4.39 Å². The van der Waals surface area contributed by atoms with Crippen molar-refractivity contribution in [3.05, 3.63) is 89.0 Å². The first-order valence-corrected chi connectivity index (χ1v) is 9.34. The predicted molar refractivity (Wildman–Crippen MR) is 110 cm³/mol. The summed E-state index contributed by atoms with van der Waals surface area (Å²) in [7, 11) is 0. The molecule has 1 heterocycles. The average molecular weight is 398 g/mol. The molecule has 1 N–H and O–H groups in total. The van der Waals surface area contributed by atoms with Crippen molar-refractivity contribution < 1.29 is 9.18 Å². The highest BCUT2D eigenvalue weighted by Crippen LogP contribution is 2.23. The van der Waals surface area contributed by atoms with Gasteiger partial charge < -0.3 is 10.2 Å². The topological polar surface area (TPSA) is 45.2 Å². The van der Waals surface area contributed by atoms with Crippen LogP contribution in [-0.4, -0.2) is 21.8 Å². The number of aromatic nitrogens is 1. The number of hydrogen-bond donors (Lipinski definition) is 1. The standard InChI is InChI=1S/C22H21ClFN3O/c1-15(2)27(14-16-6-4-3-5-7-16)22(28)17-10-19(13-25-12-17)26-18-8-9-21(24)20(23)11-18/h3-13,15,26H,14H2,1-2H3. The van der Waals surface area contributed by atoms with Gasteiger partial charge in [0.05, 0.1) is 22.5 Å². The number of halogens is 2. The quantitative estimate of drug-likeness (QED) is 0.583. The summed E-state index contributed by atoms with van der Waals surface area (Å²) in [5.41, 5.74) is 2.77. The van der Waals surface area contributed by atoms with Crippen molar-refractivity contribution in [1.82, 2.24) is 9.88 Å². The number of carbonyl (C=O) groups is 1. The summed E-state index contributed by atoms with van der Waals surface area (Å²) in [5, 5.41) is 3.13. The van der Waals surface area contributed by atoms with E-state index >= 15 is 0 Å². The summed E-state index contributed by atoms with van der Waals surface area (Å²) >= 11 is 5.82. The second kappa shape index (κ2) is 8.85. The van der Waals surface area contributed by atoms with Gasteiger partial charge in [-0.2, -0.15) is 0 Å². The summed E-state index contributed by atoms with van der Waals surface area (Å²) in [5.74, 6) is -0.588. The molecule has 4 nitrogen and oxygen atoms in total. The van der Waals surface area contributed by atoms with Crippen molar-refractivity contribution in [3.8, 4) is 0 Å². The molecule has 0 spiro atoms. The van der Waals surface area contributed by atoms with Crippen molar-refractivity contribution in [1.29, 1.82) is 0 Å². The van der Waals surface area contributed by atoms with Gasteiger partial charge in [0, 0.05) is 24.5 Å². The van der Waals surface area contributed by atoms with E-state index in [1.165, 1.54) is 12.1 Å². The maximum absolute atomic E-state index is 13.3. The smallest absolute Gasteiger partial charge is 0.256 e. The van der Waals surface area contributed by atoms with E-state index in [1.807, 2.05) is 44.2 Å². The van der Waals surface area contributed by atoms with E-state index < -0.39 is 5.82 Å². The second-order valence-corrected chi connectivity index (χ2v) is 7.14. The fourth-order valence-corrected chi connectivity index (χ4v) is 2.98. The number of anilines is 2. The molecule has 0 fully saturated rings. The third kappa shape index (κ3) is 4.87. The van der Waals surface area contributed by atoms with E-state index in [0.29, 0.717) is 23.5 Å². The minimum Gasteiger partial charge on any atom is -0.354 e. The molecule has 2 aromatic carbocycles. The van der Waals surface area contributed by atoms with Crippen LogP contribution in [0.5, 0.6) is 0 Å². The molecule has 3 aromatic rings. The number of hydrogen-bond acceptors (Lipinski definition) is 3. The highest BCUT2D eigenvalue weighted by molar-refractivity contribution is 6.31. The lowest BCUT2D eigenvalue weighted by Gasteiger charge is -2.27. The number of nitrogens with zero attached hydrogens (tertiary/aromatic N) is 2. The summed E-state index contributed by atoms with van der Waals surface area (Å²) < 4.78 is 13.3. The Bertz CT molecular complexity index is 963. The molecule has 0 aliphatic carbocycles. The molecule has 3 rings (SSSR count). The zero-order chi connectivity index (χ0) is 20.1. The van der Waals surface area contributed by atoms with Crippen LogP contribution in [0.25, 0.3) is 0 Å². The summed E-state index contributed by atoms with van der Waals surface area (Å²) in [6.45, 7) is 4.48. The van der Waals surface area contributed by atoms with Crippen LogP contribution in [0, 0.1) is 5.82 Å². The Balaban J connectivity index is 1.80. The van der Waals surface area contributed by atoms with Gasteiger partial charge in [-0.3, -0.25) is 9.78 Å². The number of nitrogens with one attached hydrogen (secondary N) is 1. The van der Waals surface area contributed by atoms with Crippen LogP contribution >= 0.6 is 11.6 Å². The molecule has 28 heavy (non-hydrogen) atoms. The number of benzene rings is 2. The molecular weight excluding hydrogens is 377 g/mol. The number of rotatable bonds is 6. The molecule has 0 unspecified atom stereocenters. The lowest BCUT2D eigenvalue weighted by atomic mass is 10.1. The molecule has 1 aromatic heterocycles. The van der Waals surface area contributed by atoms with Crippen molar-refractivity contribution in [3.63, 3.8) is 0 Å². The van der Waals surface area contributed by atoms with Crippen LogP contribution in [-0.2, 0) is 6.54 Å². The molecule has 0 aliphatic heterocycles. The van der Waals surface area contributed by atoms with Crippen molar-refractivity contribution in [2.75, 3.05) is 5.32 Å². The Labute approximate surface area is 169 Å². The molecule has 0 aliphatic rings. The van der Waals surface area contributed by atoms with Gasteiger partial charge in [0.25, 0.3) is 5.91 Å². The van der Waals surface area contributed by atoms with E-state index in [4.69, 9.17) is 11.6 Å². The lowest BCUT2D eigenvalue weighted by Crippen LogP contribution is -2.36. The molecule has 0 atom stereocenters. The fraction of sp³-hybridized carbons (Fsp3) is 0.182. The van der Waals surface area contributed by atoms with E-state index in [2.05, 4.69) is 10.3 Å². The van der Waals surface area contributed by atoms with Gasteiger partial charge in [-0.1, -0.05) is 41.9 Å². The SMILES string of the molecule is CC(C)N(Cc1ccccc1)C(=O)c1cncc(Nc2ccc(F)c(Cl)c2)c1. The third-order valence-electron chi connectivity index (χ3n) is 4.27. The number of carbonyl (C=O) groups excluding carboxylic acids is 1. The van der Waals surface area contributed by atoms with Crippen LogP contribution in [0.15, 0.2) is 67.0 Å². The van der Waals surface area contributed by atoms with Crippen LogP contribution in [0.4, 0.5) is 15.8 Å². The van der Waals surface area contributed by atoms with Gasteiger partial charge in [0.15, 0.2) is 0 Å². The lowest BCUT2D eigenvalue weighted by molar-refractivity contribution is 0.0690. The van der Waals surface area contributed by atoms with Crippen molar-refractivity contribution in [2.45, 2.75) is 26.4 Å². The molecule has 1 amide bonds. The van der Waals surface area contributed by atoms with Crippen molar-refractivity contribution >= 4 is 28.9 Å². The average Bonchev–Trinajstić information content (AvgIpc) is 2.69. The Hall–Kier alpha value is -2.92. The first-order valence-electron chi connectivity index (χ1n) is 8.96. The fourth-order valence-electron chi connectivity index (χ4n) is 2.80. The van der Waals surface area contributed by atoms with E-state index in [0.717, 1.165) is 5.56 Å². The Morgan fingerprint density at radius 1 is 1.11 bits per heavy atom. The molecule has 6 heteroatoms. The molecule has 0 saturated carbocycles. The largest absolute Gasteiger partial charge is 0.354 e. The first kappa shape index (κ1) is 19.8. The molecule has 144 valence electrons. The van der Waals surface area contributed by atoms with Gasteiger partial charge in [-0.15, -0.1) is 0 Å². The van der Waals surface area contributed by atoms with Gasteiger partial charge in [0.2, 0.25) is 0 Å². The molecule has 0 radical (unpaired) electrons. The number of amides is 1. The molecular formula is C22H21ClFN3O. The van der Waals surface area contributed by atoms with Gasteiger partial charge in [-0.05, 0) is 43.7 Å². The highest BCUT2D eigenvalue weighted by atomic mass is 35.5. The minimum atomic E-state index is -0.484. The zero-order valence-electron chi connectivity index (χ0n) is 15.7. The predicted octanol–water partition coefficient (Wildman–Crippen LogP) is 5.67. The first-order chi connectivity index (χ1) is 13.4. The highest BCUT2D eigenvalue weighted by Gasteiger charge is 2.20. The van der Waals surface area contributed by atoms with Crippen LogP contribution in [0.2, 0.25) is 5.02 Å². The maximum atomic E-state index is 13.3. The maximum Gasteiger partial charge on any atom is 0.256 e. The van der Waals surface area contributed by atoms with Crippen LogP contribution in [0.1, 0.15) is 29.8 Å².